The number of aromatic nitrogens is 1. The van der Waals surface area contributed by atoms with Gasteiger partial charge in [-0.25, -0.2) is 0 Å². The maximum Gasteiger partial charge on any atom is 0.227 e. The van der Waals surface area contributed by atoms with E-state index in [0.717, 1.165) is 21.3 Å². The molecule has 3 unspecified atom stereocenters. The largest absolute Gasteiger partial charge is 0.496 e. The van der Waals surface area contributed by atoms with Gasteiger partial charge in [-0.1, -0.05) is 41.7 Å². The highest BCUT2D eigenvalue weighted by Gasteiger charge is 2.36. The number of methoxy groups -OCH3 is 1. The molecule has 5 nitrogen and oxygen atoms in total. The number of benzene rings is 1. The van der Waals surface area contributed by atoms with Gasteiger partial charge in [-0.3, -0.25) is 0 Å². The van der Waals surface area contributed by atoms with Crippen LogP contribution in [0.1, 0.15) is 23.3 Å². The van der Waals surface area contributed by atoms with E-state index in [2.05, 4.69) is 22.5 Å². The molecule has 0 aliphatic heterocycles. The minimum absolute atomic E-state index is 0.122. The average Bonchev–Trinajstić information content (AvgIpc) is 3.35. The molecule has 3 atom stereocenters. The van der Waals surface area contributed by atoms with Crippen molar-refractivity contribution in [2.24, 2.45) is 11.8 Å². The summed E-state index contributed by atoms with van der Waals surface area (Å²) in [6.07, 6.45) is 7.70. The monoisotopic (exact) mass is 372 g/mol. The van der Waals surface area contributed by atoms with Gasteiger partial charge in [0.25, 0.3) is 0 Å². The van der Waals surface area contributed by atoms with Gasteiger partial charge in [0.15, 0.2) is 5.13 Å². The fourth-order valence-electron chi connectivity index (χ4n) is 3.84. The molecule has 1 aromatic carbocycles. The molecule has 4 rings (SSSR count). The first kappa shape index (κ1) is 17.4. The second-order valence-electron chi connectivity index (χ2n) is 6.91. The summed E-state index contributed by atoms with van der Waals surface area (Å²) >= 11 is 1.53. The van der Waals surface area contributed by atoms with Crippen molar-refractivity contribution < 1.29 is 14.6 Å². The molecule has 0 amide bonds. The lowest BCUT2D eigenvalue weighted by Crippen LogP contribution is -2.23. The van der Waals surface area contributed by atoms with Crippen molar-refractivity contribution in [3.8, 4) is 11.6 Å². The van der Waals surface area contributed by atoms with Crippen molar-refractivity contribution >= 4 is 16.5 Å². The number of nitrogens with one attached hydrogen (secondary N) is 1. The van der Waals surface area contributed by atoms with Gasteiger partial charge in [-0.15, -0.1) is 0 Å². The fourth-order valence-corrected chi connectivity index (χ4v) is 4.74. The smallest absolute Gasteiger partial charge is 0.227 e. The number of hydrogen-bond acceptors (Lipinski definition) is 6. The van der Waals surface area contributed by atoms with Crippen molar-refractivity contribution in [3.05, 3.63) is 46.9 Å². The SMILES string of the molecule is COc1ccccc1COCCc1sc(NC2CC3C=CC2C3)nc1O. The van der Waals surface area contributed by atoms with Gasteiger partial charge in [-0.05, 0) is 30.7 Å². The van der Waals surface area contributed by atoms with Crippen LogP contribution in [0.2, 0.25) is 0 Å². The number of nitrogens with zero attached hydrogens (tertiary/aromatic N) is 1. The zero-order chi connectivity index (χ0) is 17.9. The Morgan fingerprint density at radius 3 is 2.92 bits per heavy atom. The number of rotatable bonds is 8. The summed E-state index contributed by atoms with van der Waals surface area (Å²) in [5.41, 5.74) is 1.02. The summed E-state index contributed by atoms with van der Waals surface area (Å²) in [5, 5.41) is 14.4. The first-order chi connectivity index (χ1) is 12.7. The number of ether oxygens (including phenoxy) is 2. The van der Waals surface area contributed by atoms with Crippen molar-refractivity contribution in [2.45, 2.75) is 31.9 Å². The van der Waals surface area contributed by atoms with Crippen LogP contribution in [0, 0.1) is 11.8 Å². The fraction of sp³-hybridized carbons (Fsp3) is 0.450. The summed E-state index contributed by atoms with van der Waals surface area (Å²) in [6, 6.07) is 8.29. The van der Waals surface area contributed by atoms with Crippen LogP contribution < -0.4 is 10.1 Å². The van der Waals surface area contributed by atoms with Gasteiger partial charge >= 0.3 is 0 Å². The average molecular weight is 372 g/mol. The van der Waals surface area contributed by atoms with E-state index in [1.807, 2.05) is 24.3 Å². The third kappa shape index (κ3) is 3.71. The molecule has 2 aliphatic rings. The lowest BCUT2D eigenvalue weighted by Gasteiger charge is -2.18. The summed E-state index contributed by atoms with van der Waals surface area (Å²) in [5.74, 6) is 2.28. The van der Waals surface area contributed by atoms with E-state index in [4.69, 9.17) is 9.47 Å². The van der Waals surface area contributed by atoms with Crippen molar-refractivity contribution in [1.82, 2.24) is 4.98 Å². The summed E-state index contributed by atoms with van der Waals surface area (Å²) in [4.78, 5) is 5.15. The lowest BCUT2D eigenvalue weighted by atomic mass is 10.0. The maximum absolute atomic E-state index is 10.1. The number of thiazole rings is 1. The number of fused-ring (bicyclic) bond motifs is 2. The van der Waals surface area contributed by atoms with E-state index in [9.17, 15) is 5.11 Å². The van der Waals surface area contributed by atoms with Gasteiger partial charge in [-0.2, -0.15) is 4.98 Å². The lowest BCUT2D eigenvalue weighted by molar-refractivity contribution is 0.122. The molecular formula is C20H24N2O3S. The molecule has 0 radical (unpaired) electrons. The molecular weight excluding hydrogens is 348 g/mol. The molecule has 0 spiro atoms. The minimum atomic E-state index is 0.122. The van der Waals surface area contributed by atoms with Crippen molar-refractivity contribution in [3.63, 3.8) is 0 Å². The molecule has 0 saturated heterocycles. The Bertz CT molecular complexity index is 789. The second-order valence-corrected chi connectivity index (χ2v) is 7.99. The highest BCUT2D eigenvalue weighted by atomic mass is 32.1. The van der Waals surface area contributed by atoms with Crippen LogP contribution in [0.25, 0.3) is 0 Å². The van der Waals surface area contributed by atoms with Crippen LogP contribution in [0.5, 0.6) is 11.6 Å². The van der Waals surface area contributed by atoms with E-state index in [-0.39, 0.29) is 5.88 Å². The summed E-state index contributed by atoms with van der Waals surface area (Å²) in [7, 11) is 1.66. The Hall–Kier alpha value is -2.05. The number of aromatic hydroxyl groups is 1. The molecule has 138 valence electrons. The highest BCUT2D eigenvalue weighted by molar-refractivity contribution is 7.15. The molecule has 1 aromatic heterocycles. The Kier molecular flexibility index (Phi) is 5.13. The van der Waals surface area contributed by atoms with E-state index >= 15 is 0 Å². The van der Waals surface area contributed by atoms with Gasteiger partial charge in [0, 0.05) is 18.0 Å². The van der Waals surface area contributed by atoms with Crippen LogP contribution in [0.15, 0.2) is 36.4 Å². The number of allylic oxidation sites excluding steroid dienone is 1. The van der Waals surface area contributed by atoms with E-state index < -0.39 is 0 Å². The van der Waals surface area contributed by atoms with Gasteiger partial charge in [0.1, 0.15) is 5.75 Å². The zero-order valence-electron chi connectivity index (χ0n) is 14.9. The molecule has 1 saturated carbocycles. The van der Waals surface area contributed by atoms with Crippen LogP contribution in [-0.2, 0) is 17.8 Å². The van der Waals surface area contributed by atoms with Gasteiger partial charge < -0.3 is 19.9 Å². The summed E-state index contributed by atoms with van der Waals surface area (Å²) in [6.45, 7) is 1.02. The predicted octanol–water partition coefficient (Wildman–Crippen LogP) is 3.99. The molecule has 2 aromatic rings. The quantitative estimate of drug-likeness (QED) is 0.542. The molecule has 2 aliphatic carbocycles. The zero-order valence-corrected chi connectivity index (χ0v) is 15.7. The number of hydrogen-bond donors (Lipinski definition) is 2. The molecule has 6 heteroatoms. The molecule has 2 bridgehead atoms. The normalized spacial score (nSPS) is 23.5. The van der Waals surface area contributed by atoms with E-state index in [0.29, 0.717) is 37.5 Å². The van der Waals surface area contributed by atoms with Gasteiger partial charge in [0.05, 0.1) is 25.2 Å². The van der Waals surface area contributed by atoms with Crippen LogP contribution in [0.4, 0.5) is 5.13 Å². The maximum atomic E-state index is 10.1. The molecule has 1 heterocycles. The predicted molar refractivity (Wildman–Crippen MR) is 103 cm³/mol. The molecule has 26 heavy (non-hydrogen) atoms. The standard InChI is InChI=1S/C20H24N2O3S/c1-24-17-5-3-2-4-15(17)12-25-9-8-18-19(23)22-20(26-18)21-16-11-13-6-7-14(16)10-13/h2-7,13-14,16,23H,8-12H2,1H3,(H,21,22). The molecule has 2 N–H and O–H groups in total. The first-order valence-electron chi connectivity index (χ1n) is 9.06. The first-order valence-corrected chi connectivity index (χ1v) is 9.87. The minimum Gasteiger partial charge on any atom is -0.496 e. The molecule has 1 fully saturated rings. The van der Waals surface area contributed by atoms with Crippen molar-refractivity contribution in [2.75, 3.05) is 19.0 Å². The Balaban J connectivity index is 1.27. The topological polar surface area (TPSA) is 63.6 Å². The number of para-hydroxylation sites is 1. The van der Waals surface area contributed by atoms with Gasteiger partial charge in [0.2, 0.25) is 5.88 Å². The third-order valence-electron chi connectivity index (χ3n) is 5.19. The van der Waals surface area contributed by atoms with Crippen LogP contribution in [0.3, 0.4) is 0 Å². The van der Waals surface area contributed by atoms with Crippen LogP contribution in [-0.4, -0.2) is 29.8 Å². The van der Waals surface area contributed by atoms with Crippen LogP contribution >= 0.6 is 11.3 Å². The Labute approximate surface area is 157 Å². The Morgan fingerprint density at radius 1 is 1.27 bits per heavy atom. The number of anilines is 1. The highest BCUT2D eigenvalue weighted by Crippen LogP contribution is 2.41. The van der Waals surface area contributed by atoms with Crippen molar-refractivity contribution in [1.29, 1.82) is 0 Å². The summed E-state index contributed by atoms with van der Waals surface area (Å²) < 4.78 is 11.1. The van der Waals surface area contributed by atoms with E-state index in [1.165, 1.54) is 24.2 Å². The third-order valence-corrected chi connectivity index (χ3v) is 6.22. The van der Waals surface area contributed by atoms with E-state index in [1.54, 1.807) is 7.11 Å². The Morgan fingerprint density at radius 2 is 2.15 bits per heavy atom. The second kappa shape index (κ2) is 7.68.